The molecule has 1 fully saturated rings. The number of amides is 2. The normalized spacial score (nSPS) is 17.9. The summed E-state index contributed by atoms with van der Waals surface area (Å²) < 4.78 is 12.9. The van der Waals surface area contributed by atoms with Crippen LogP contribution in [-0.2, 0) is 9.59 Å². The standard InChI is InChI=1S/C16H12ClFN2O2/c17-10-2-1-3-13(8-10)20-15(21)9-14(16(20)22)19-12-6-4-11(18)5-7-12/h1-8,14,19H,9H2. The lowest BCUT2D eigenvalue weighted by Gasteiger charge is -2.16. The number of benzene rings is 2. The van der Waals surface area contributed by atoms with Crippen LogP contribution in [0.25, 0.3) is 0 Å². The van der Waals surface area contributed by atoms with Gasteiger partial charge in [-0.1, -0.05) is 17.7 Å². The van der Waals surface area contributed by atoms with E-state index in [2.05, 4.69) is 5.32 Å². The first-order valence-electron chi connectivity index (χ1n) is 6.69. The summed E-state index contributed by atoms with van der Waals surface area (Å²) in [5.41, 5.74) is 1.03. The Bertz CT molecular complexity index is 733. The Morgan fingerprint density at radius 2 is 1.86 bits per heavy atom. The Labute approximate surface area is 131 Å². The van der Waals surface area contributed by atoms with Gasteiger partial charge in [0, 0.05) is 10.7 Å². The summed E-state index contributed by atoms with van der Waals surface area (Å²) in [4.78, 5) is 25.7. The monoisotopic (exact) mass is 318 g/mol. The Morgan fingerprint density at radius 1 is 1.14 bits per heavy atom. The third-order valence-corrected chi connectivity index (χ3v) is 3.63. The number of imide groups is 1. The van der Waals surface area contributed by atoms with Crippen molar-refractivity contribution < 1.29 is 14.0 Å². The van der Waals surface area contributed by atoms with E-state index in [1.54, 1.807) is 24.3 Å². The average Bonchev–Trinajstić information content (AvgIpc) is 2.76. The molecule has 0 radical (unpaired) electrons. The second kappa shape index (κ2) is 5.77. The molecule has 0 spiro atoms. The maximum absolute atomic E-state index is 12.9. The second-order valence-electron chi connectivity index (χ2n) is 4.96. The van der Waals surface area contributed by atoms with Crippen molar-refractivity contribution in [2.24, 2.45) is 0 Å². The quantitative estimate of drug-likeness (QED) is 0.884. The van der Waals surface area contributed by atoms with Crippen LogP contribution in [0.2, 0.25) is 5.02 Å². The van der Waals surface area contributed by atoms with Gasteiger partial charge in [0.1, 0.15) is 11.9 Å². The first-order chi connectivity index (χ1) is 10.5. The number of carbonyl (C=O) groups excluding carboxylic acids is 2. The van der Waals surface area contributed by atoms with Crippen molar-refractivity contribution in [3.63, 3.8) is 0 Å². The van der Waals surface area contributed by atoms with Gasteiger partial charge in [-0.15, -0.1) is 0 Å². The van der Waals surface area contributed by atoms with Crippen LogP contribution in [0.5, 0.6) is 0 Å². The van der Waals surface area contributed by atoms with Crippen molar-refractivity contribution in [3.8, 4) is 0 Å². The molecule has 1 aliphatic rings. The molecule has 0 bridgehead atoms. The van der Waals surface area contributed by atoms with Gasteiger partial charge in [-0.05, 0) is 42.5 Å². The molecule has 1 heterocycles. The minimum atomic E-state index is -0.669. The van der Waals surface area contributed by atoms with Crippen LogP contribution in [0.4, 0.5) is 15.8 Å². The van der Waals surface area contributed by atoms with Gasteiger partial charge in [0.25, 0.3) is 5.91 Å². The van der Waals surface area contributed by atoms with Crippen molar-refractivity contribution in [1.82, 2.24) is 0 Å². The SMILES string of the molecule is O=C1CC(Nc2ccc(F)cc2)C(=O)N1c1cccc(Cl)c1. The fraction of sp³-hybridized carbons (Fsp3) is 0.125. The van der Waals surface area contributed by atoms with Gasteiger partial charge < -0.3 is 5.32 Å². The summed E-state index contributed by atoms with van der Waals surface area (Å²) in [6.45, 7) is 0. The summed E-state index contributed by atoms with van der Waals surface area (Å²) in [5, 5.41) is 3.40. The minimum Gasteiger partial charge on any atom is -0.373 e. The molecule has 2 amide bonds. The average molecular weight is 319 g/mol. The molecule has 2 aromatic carbocycles. The maximum atomic E-state index is 12.9. The zero-order valence-corrected chi connectivity index (χ0v) is 12.2. The highest BCUT2D eigenvalue weighted by atomic mass is 35.5. The van der Waals surface area contributed by atoms with Crippen molar-refractivity contribution in [2.75, 3.05) is 10.2 Å². The van der Waals surface area contributed by atoms with E-state index in [-0.39, 0.29) is 24.1 Å². The molecule has 0 aromatic heterocycles. The lowest BCUT2D eigenvalue weighted by atomic mass is 10.2. The molecule has 1 unspecified atom stereocenters. The lowest BCUT2D eigenvalue weighted by Crippen LogP contribution is -2.34. The highest BCUT2D eigenvalue weighted by Gasteiger charge is 2.39. The number of carbonyl (C=O) groups is 2. The van der Waals surface area contributed by atoms with E-state index in [0.29, 0.717) is 16.4 Å². The predicted molar refractivity (Wildman–Crippen MR) is 82.4 cm³/mol. The maximum Gasteiger partial charge on any atom is 0.256 e. The molecule has 2 aromatic rings. The highest BCUT2D eigenvalue weighted by molar-refractivity contribution is 6.31. The third-order valence-electron chi connectivity index (χ3n) is 3.40. The van der Waals surface area contributed by atoms with Crippen molar-refractivity contribution in [2.45, 2.75) is 12.5 Å². The molecule has 4 nitrogen and oxygen atoms in total. The number of hydrogen-bond acceptors (Lipinski definition) is 3. The molecule has 0 aliphatic carbocycles. The molecular weight excluding hydrogens is 307 g/mol. The number of nitrogens with one attached hydrogen (secondary N) is 1. The Morgan fingerprint density at radius 3 is 2.55 bits per heavy atom. The van der Waals surface area contributed by atoms with Gasteiger partial charge in [-0.25, -0.2) is 9.29 Å². The Hall–Kier alpha value is -2.40. The van der Waals surface area contributed by atoms with Crippen LogP contribution < -0.4 is 10.2 Å². The van der Waals surface area contributed by atoms with Crippen LogP contribution >= 0.6 is 11.6 Å². The smallest absolute Gasteiger partial charge is 0.256 e. The van der Waals surface area contributed by atoms with E-state index >= 15 is 0 Å². The number of rotatable bonds is 3. The van der Waals surface area contributed by atoms with E-state index in [1.165, 1.54) is 24.3 Å². The summed E-state index contributed by atoms with van der Waals surface area (Å²) in [7, 11) is 0. The van der Waals surface area contributed by atoms with Gasteiger partial charge in [0.05, 0.1) is 12.1 Å². The van der Waals surface area contributed by atoms with Crippen LogP contribution in [0.3, 0.4) is 0 Å². The van der Waals surface area contributed by atoms with Crippen molar-refractivity contribution in [3.05, 3.63) is 59.4 Å². The predicted octanol–water partition coefficient (Wildman–Crippen LogP) is 3.22. The number of halogens is 2. The molecule has 0 saturated carbocycles. The van der Waals surface area contributed by atoms with Gasteiger partial charge in [-0.2, -0.15) is 0 Å². The fourth-order valence-electron chi connectivity index (χ4n) is 2.38. The highest BCUT2D eigenvalue weighted by Crippen LogP contribution is 2.27. The van der Waals surface area contributed by atoms with Crippen molar-refractivity contribution in [1.29, 1.82) is 0 Å². The topological polar surface area (TPSA) is 49.4 Å². The molecule has 1 atom stereocenters. The van der Waals surface area contributed by atoms with E-state index in [1.807, 2.05) is 0 Å². The molecule has 1 aliphatic heterocycles. The van der Waals surface area contributed by atoms with Crippen LogP contribution in [-0.4, -0.2) is 17.9 Å². The van der Waals surface area contributed by atoms with E-state index in [9.17, 15) is 14.0 Å². The third kappa shape index (κ3) is 2.80. The molecule has 1 saturated heterocycles. The molecule has 1 N–H and O–H groups in total. The van der Waals surface area contributed by atoms with Gasteiger partial charge in [0.2, 0.25) is 5.91 Å². The van der Waals surface area contributed by atoms with Crippen molar-refractivity contribution >= 4 is 34.8 Å². The van der Waals surface area contributed by atoms with Crippen LogP contribution in [0, 0.1) is 5.82 Å². The number of anilines is 2. The van der Waals surface area contributed by atoms with E-state index < -0.39 is 6.04 Å². The zero-order chi connectivity index (χ0) is 15.7. The molecule has 112 valence electrons. The van der Waals surface area contributed by atoms with Crippen LogP contribution in [0.1, 0.15) is 6.42 Å². The second-order valence-corrected chi connectivity index (χ2v) is 5.39. The molecule has 3 rings (SSSR count). The number of nitrogens with zero attached hydrogens (tertiary/aromatic N) is 1. The lowest BCUT2D eigenvalue weighted by molar-refractivity contribution is -0.121. The Kier molecular flexibility index (Phi) is 3.81. The first kappa shape index (κ1) is 14.5. The van der Waals surface area contributed by atoms with Gasteiger partial charge in [0.15, 0.2) is 0 Å². The Balaban J connectivity index is 1.81. The van der Waals surface area contributed by atoms with Gasteiger partial charge >= 0.3 is 0 Å². The molecule has 22 heavy (non-hydrogen) atoms. The van der Waals surface area contributed by atoms with E-state index in [0.717, 1.165) is 4.90 Å². The summed E-state index contributed by atoms with van der Waals surface area (Å²) in [5.74, 6) is -1.01. The first-order valence-corrected chi connectivity index (χ1v) is 7.07. The molecule has 6 heteroatoms. The summed E-state index contributed by atoms with van der Waals surface area (Å²) in [6, 6.07) is 11.5. The molecular formula is C16H12ClFN2O2. The fourth-order valence-corrected chi connectivity index (χ4v) is 2.56. The van der Waals surface area contributed by atoms with Gasteiger partial charge in [-0.3, -0.25) is 9.59 Å². The summed E-state index contributed by atoms with van der Waals surface area (Å²) in [6.07, 6.45) is 0.0444. The zero-order valence-electron chi connectivity index (χ0n) is 11.4. The summed E-state index contributed by atoms with van der Waals surface area (Å²) >= 11 is 5.90. The minimum absolute atomic E-state index is 0.0444. The number of hydrogen-bond donors (Lipinski definition) is 1. The van der Waals surface area contributed by atoms with Crippen LogP contribution in [0.15, 0.2) is 48.5 Å². The largest absolute Gasteiger partial charge is 0.373 e. The van der Waals surface area contributed by atoms with E-state index in [4.69, 9.17) is 11.6 Å².